The van der Waals surface area contributed by atoms with Gasteiger partial charge in [0.2, 0.25) is 0 Å². The van der Waals surface area contributed by atoms with Gasteiger partial charge < -0.3 is 0 Å². The van der Waals surface area contributed by atoms with Crippen LogP contribution < -0.4 is 0 Å². The first-order valence-corrected chi connectivity index (χ1v) is 6.68. The van der Waals surface area contributed by atoms with Crippen molar-refractivity contribution < 1.29 is 8.78 Å². The zero-order chi connectivity index (χ0) is 12.3. The normalized spacial score (nSPS) is 18.5. The maximum atomic E-state index is 13.0. The molecular weight excluding hydrogens is 242 g/mol. The zero-order valence-electron chi connectivity index (χ0n) is 9.76. The Labute approximate surface area is 106 Å². The van der Waals surface area contributed by atoms with Crippen LogP contribution in [0.25, 0.3) is 0 Å². The molecule has 2 rings (SSSR count). The average molecular weight is 259 g/mol. The second kappa shape index (κ2) is 5.81. The van der Waals surface area contributed by atoms with Gasteiger partial charge in [-0.3, -0.25) is 0 Å². The second-order valence-corrected chi connectivity index (χ2v) is 5.41. The highest BCUT2D eigenvalue weighted by atomic mass is 35.5. The van der Waals surface area contributed by atoms with Gasteiger partial charge in [0.15, 0.2) is 11.6 Å². The minimum atomic E-state index is -0.785. The lowest BCUT2D eigenvalue weighted by atomic mass is 9.97. The maximum Gasteiger partial charge on any atom is 0.159 e. The van der Waals surface area contributed by atoms with Gasteiger partial charge >= 0.3 is 0 Å². The number of hydrogen-bond donors (Lipinski definition) is 0. The predicted molar refractivity (Wildman–Crippen MR) is 66.3 cm³/mol. The number of halogens is 3. The van der Waals surface area contributed by atoms with Crippen molar-refractivity contribution >= 4 is 11.6 Å². The number of aryl methyl sites for hydroxylation is 1. The molecule has 1 aromatic rings. The molecule has 3 heteroatoms. The van der Waals surface area contributed by atoms with Crippen molar-refractivity contribution in [3.05, 3.63) is 35.4 Å². The number of benzene rings is 1. The number of alkyl halides is 1. The van der Waals surface area contributed by atoms with Crippen LogP contribution >= 0.6 is 11.6 Å². The summed E-state index contributed by atoms with van der Waals surface area (Å²) in [6.07, 6.45) is 6.55. The quantitative estimate of drug-likeness (QED) is 0.687. The van der Waals surface area contributed by atoms with Gasteiger partial charge in [-0.25, -0.2) is 8.78 Å². The minimum absolute atomic E-state index is 0.172. The lowest BCUT2D eigenvalue weighted by Gasteiger charge is -2.16. The lowest BCUT2D eigenvalue weighted by molar-refractivity contribution is 0.488. The van der Waals surface area contributed by atoms with Crippen molar-refractivity contribution in [1.82, 2.24) is 0 Å². The first kappa shape index (κ1) is 12.8. The Kier molecular flexibility index (Phi) is 4.38. The third-order valence-electron chi connectivity index (χ3n) is 3.60. The summed E-state index contributed by atoms with van der Waals surface area (Å²) in [7, 11) is 0. The molecule has 0 amide bonds. The van der Waals surface area contributed by atoms with Crippen LogP contribution in [0.2, 0.25) is 0 Å². The van der Waals surface area contributed by atoms with E-state index in [1.165, 1.54) is 37.8 Å². The van der Waals surface area contributed by atoms with Gasteiger partial charge in [0, 0.05) is 5.38 Å². The van der Waals surface area contributed by atoms with E-state index in [0.717, 1.165) is 18.4 Å². The summed E-state index contributed by atoms with van der Waals surface area (Å²) in [5.41, 5.74) is 0.826. The molecule has 0 aromatic heterocycles. The van der Waals surface area contributed by atoms with E-state index in [0.29, 0.717) is 5.92 Å². The molecule has 1 unspecified atom stereocenters. The Balaban J connectivity index is 1.86. The molecule has 0 nitrogen and oxygen atoms in total. The summed E-state index contributed by atoms with van der Waals surface area (Å²) in [6.45, 7) is 0. The van der Waals surface area contributed by atoms with Crippen molar-refractivity contribution in [3.8, 4) is 0 Å². The summed E-state index contributed by atoms with van der Waals surface area (Å²) >= 11 is 6.34. The van der Waals surface area contributed by atoms with Crippen LogP contribution in [0.4, 0.5) is 8.78 Å². The van der Waals surface area contributed by atoms with E-state index in [2.05, 4.69) is 0 Å². The van der Waals surface area contributed by atoms with E-state index in [-0.39, 0.29) is 5.38 Å². The summed E-state index contributed by atoms with van der Waals surface area (Å²) in [5, 5.41) is 0.172. The SMILES string of the molecule is Fc1ccc(CCC(Cl)C2CCCC2)cc1F. The van der Waals surface area contributed by atoms with E-state index in [1.807, 2.05) is 0 Å². The Bertz CT molecular complexity index is 372. The average Bonchev–Trinajstić information content (AvgIpc) is 2.84. The molecule has 0 N–H and O–H groups in total. The maximum absolute atomic E-state index is 13.0. The van der Waals surface area contributed by atoms with E-state index < -0.39 is 11.6 Å². The van der Waals surface area contributed by atoms with Gasteiger partial charge in [0.1, 0.15) is 0 Å². The van der Waals surface area contributed by atoms with Crippen LogP contribution in [-0.2, 0) is 6.42 Å². The van der Waals surface area contributed by atoms with Crippen molar-refractivity contribution in [2.45, 2.75) is 43.9 Å². The number of rotatable bonds is 4. The Morgan fingerprint density at radius 3 is 2.53 bits per heavy atom. The van der Waals surface area contributed by atoms with Crippen LogP contribution in [0.1, 0.15) is 37.7 Å². The summed E-state index contributed by atoms with van der Waals surface area (Å²) in [5.74, 6) is -0.941. The topological polar surface area (TPSA) is 0 Å². The van der Waals surface area contributed by atoms with Crippen LogP contribution in [0.3, 0.4) is 0 Å². The van der Waals surface area contributed by atoms with E-state index in [9.17, 15) is 8.78 Å². The summed E-state index contributed by atoms with van der Waals surface area (Å²) < 4.78 is 25.7. The van der Waals surface area contributed by atoms with E-state index in [1.54, 1.807) is 6.07 Å². The molecule has 0 aliphatic heterocycles. The lowest BCUT2D eigenvalue weighted by Crippen LogP contribution is -2.12. The van der Waals surface area contributed by atoms with Crippen molar-refractivity contribution in [2.75, 3.05) is 0 Å². The second-order valence-electron chi connectivity index (χ2n) is 4.85. The highest BCUT2D eigenvalue weighted by Crippen LogP contribution is 2.32. The molecule has 0 heterocycles. The fourth-order valence-electron chi connectivity index (χ4n) is 2.55. The Hall–Kier alpha value is -0.630. The van der Waals surface area contributed by atoms with Crippen LogP contribution in [0.15, 0.2) is 18.2 Å². The van der Waals surface area contributed by atoms with Crippen molar-refractivity contribution in [3.63, 3.8) is 0 Å². The molecule has 1 atom stereocenters. The molecule has 17 heavy (non-hydrogen) atoms. The van der Waals surface area contributed by atoms with Crippen LogP contribution in [0, 0.1) is 17.6 Å². The van der Waals surface area contributed by atoms with Gasteiger partial charge in [-0.2, -0.15) is 0 Å². The smallest absolute Gasteiger partial charge is 0.159 e. The van der Waals surface area contributed by atoms with Gasteiger partial charge in [-0.05, 0) is 49.3 Å². The molecule has 1 aliphatic rings. The standard InChI is InChI=1S/C14H17ClF2/c15-12(11-3-1-2-4-11)7-5-10-6-8-13(16)14(17)9-10/h6,8-9,11-12H,1-5,7H2. The summed E-state index contributed by atoms with van der Waals surface area (Å²) in [4.78, 5) is 0. The molecule has 0 spiro atoms. The third-order valence-corrected chi connectivity index (χ3v) is 4.18. The molecule has 1 aromatic carbocycles. The van der Waals surface area contributed by atoms with E-state index >= 15 is 0 Å². The highest BCUT2D eigenvalue weighted by molar-refractivity contribution is 6.20. The van der Waals surface area contributed by atoms with Crippen molar-refractivity contribution in [1.29, 1.82) is 0 Å². The monoisotopic (exact) mass is 258 g/mol. The van der Waals surface area contributed by atoms with Gasteiger partial charge in [0.05, 0.1) is 0 Å². The Morgan fingerprint density at radius 2 is 1.88 bits per heavy atom. The highest BCUT2D eigenvalue weighted by Gasteiger charge is 2.22. The molecule has 1 fully saturated rings. The predicted octanol–water partition coefficient (Wildman–Crippen LogP) is 4.70. The molecule has 1 aliphatic carbocycles. The van der Waals surface area contributed by atoms with Crippen LogP contribution in [0.5, 0.6) is 0 Å². The van der Waals surface area contributed by atoms with E-state index in [4.69, 9.17) is 11.6 Å². The van der Waals surface area contributed by atoms with Crippen LogP contribution in [-0.4, -0.2) is 5.38 Å². The van der Waals surface area contributed by atoms with Crippen molar-refractivity contribution in [2.24, 2.45) is 5.92 Å². The first-order chi connectivity index (χ1) is 8.16. The Morgan fingerprint density at radius 1 is 1.18 bits per heavy atom. The third kappa shape index (κ3) is 3.41. The van der Waals surface area contributed by atoms with Gasteiger partial charge in [-0.15, -0.1) is 11.6 Å². The molecule has 0 saturated heterocycles. The largest absolute Gasteiger partial charge is 0.204 e. The fourth-order valence-corrected chi connectivity index (χ4v) is 2.92. The molecule has 94 valence electrons. The molecule has 0 radical (unpaired) electrons. The first-order valence-electron chi connectivity index (χ1n) is 6.25. The fraction of sp³-hybridized carbons (Fsp3) is 0.571. The molecule has 1 saturated carbocycles. The number of hydrogen-bond acceptors (Lipinski definition) is 0. The van der Waals surface area contributed by atoms with Gasteiger partial charge in [0.25, 0.3) is 0 Å². The summed E-state index contributed by atoms with van der Waals surface area (Å²) in [6, 6.07) is 4.09. The molecule has 0 bridgehead atoms. The van der Waals surface area contributed by atoms with Gasteiger partial charge in [-0.1, -0.05) is 18.9 Å². The zero-order valence-corrected chi connectivity index (χ0v) is 10.5. The molecular formula is C14H17ClF2. The minimum Gasteiger partial charge on any atom is -0.204 e.